The molecule has 1 aliphatic rings. The molecule has 0 aromatic heterocycles. The van der Waals surface area contributed by atoms with Gasteiger partial charge in [0.2, 0.25) is 5.91 Å². The third-order valence-corrected chi connectivity index (χ3v) is 4.08. The average molecular weight is 467 g/mol. The van der Waals surface area contributed by atoms with Crippen LogP contribution in [0.15, 0.2) is 4.99 Å². The summed E-state index contributed by atoms with van der Waals surface area (Å²) < 4.78 is 0. The molecule has 0 spiro atoms. The van der Waals surface area contributed by atoms with Crippen molar-refractivity contribution < 1.29 is 9.59 Å². The van der Waals surface area contributed by atoms with Crippen LogP contribution in [-0.4, -0.2) is 55.5 Å². The molecule has 0 bridgehead atoms. The molecule has 0 aromatic carbocycles. The van der Waals surface area contributed by atoms with Crippen LogP contribution in [0.4, 0.5) is 4.79 Å². The normalized spacial score (nSPS) is 15.6. The number of urea groups is 1. The van der Waals surface area contributed by atoms with Gasteiger partial charge in [0, 0.05) is 26.2 Å². The number of imide groups is 1. The molecular weight excluding hydrogens is 433 g/mol. The van der Waals surface area contributed by atoms with Crippen molar-refractivity contribution in [3.8, 4) is 0 Å². The van der Waals surface area contributed by atoms with Crippen molar-refractivity contribution in [2.75, 3.05) is 32.7 Å². The Hall–Kier alpha value is -1.06. The number of hydrogen-bond acceptors (Lipinski definition) is 3. The lowest BCUT2D eigenvalue weighted by atomic mass is 9.97. The summed E-state index contributed by atoms with van der Waals surface area (Å²) in [6.45, 7) is 8.99. The molecule has 7 nitrogen and oxygen atoms in total. The monoisotopic (exact) mass is 467 g/mol. The number of carbonyl (C=O) groups excluding carboxylic acids is 2. The van der Waals surface area contributed by atoms with Gasteiger partial charge in [0.15, 0.2) is 5.96 Å². The number of amides is 3. The SMILES string of the molecule is CCCCC(CCC)CN=C(NCC)NCCN1C(=O)CNC1=O.I. The second kappa shape index (κ2) is 14.1. The van der Waals surface area contributed by atoms with Gasteiger partial charge in [-0.15, -0.1) is 24.0 Å². The Morgan fingerprint density at radius 2 is 1.96 bits per heavy atom. The summed E-state index contributed by atoms with van der Waals surface area (Å²) in [5.74, 6) is 1.20. The smallest absolute Gasteiger partial charge is 0.324 e. The average Bonchev–Trinajstić information content (AvgIpc) is 2.89. The Labute approximate surface area is 168 Å². The summed E-state index contributed by atoms with van der Waals surface area (Å²) in [5, 5.41) is 8.95. The van der Waals surface area contributed by atoms with E-state index in [0.717, 1.165) is 19.0 Å². The Kier molecular flexibility index (Phi) is 13.5. The summed E-state index contributed by atoms with van der Waals surface area (Å²) in [6, 6.07) is -0.314. The minimum Gasteiger partial charge on any atom is -0.357 e. The first-order valence-corrected chi connectivity index (χ1v) is 9.22. The fourth-order valence-corrected chi connectivity index (χ4v) is 2.76. The summed E-state index contributed by atoms with van der Waals surface area (Å²) in [7, 11) is 0. The minimum absolute atomic E-state index is 0. The molecule has 0 saturated carbocycles. The van der Waals surface area contributed by atoms with Crippen molar-refractivity contribution in [2.24, 2.45) is 10.9 Å². The zero-order chi connectivity index (χ0) is 17.8. The highest BCUT2D eigenvalue weighted by Crippen LogP contribution is 2.15. The van der Waals surface area contributed by atoms with E-state index in [1.54, 1.807) is 0 Å². The van der Waals surface area contributed by atoms with Crippen LogP contribution >= 0.6 is 24.0 Å². The van der Waals surface area contributed by atoms with Crippen LogP contribution in [0, 0.1) is 5.92 Å². The third-order valence-electron chi connectivity index (χ3n) is 4.08. The first kappa shape index (κ1) is 23.9. The van der Waals surface area contributed by atoms with E-state index in [-0.39, 0.29) is 42.5 Å². The van der Waals surface area contributed by atoms with Gasteiger partial charge >= 0.3 is 6.03 Å². The van der Waals surface area contributed by atoms with Crippen molar-refractivity contribution >= 4 is 41.9 Å². The van der Waals surface area contributed by atoms with Gasteiger partial charge in [0.05, 0.1) is 6.54 Å². The summed E-state index contributed by atoms with van der Waals surface area (Å²) >= 11 is 0. The Morgan fingerprint density at radius 1 is 1.20 bits per heavy atom. The van der Waals surface area contributed by atoms with E-state index in [0.29, 0.717) is 19.0 Å². The number of halogens is 1. The standard InChI is InChI=1S/C17H33N5O2.HI/c1-4-7-9-14(8-5-2)12-20-16(18-6-3)19-10-11-22-15(23)13-21-17(22)24;/h14H,4-13H2,1-3H3,(H,21,24)(H2,18,19,20);1H. The third kappa shape index (κ3) is 9.27. The molecule has 0 aromatic rings. The minimum atomic E-state index is -0.314. The molecule has 1 aliphatic heterocycles. The van der Waals surface area contributed by atoms with E-state index >= 15 is 0 Å². The maximum Gasteiger partial charge on any atom is 0.324 e. The van der Waals surface area contributed by atoms with Gasteiger partial charge in [-0.05, 0) is 25.7 Å². The number of nitrogens with one attached hydrogen (secondary N) is 3. The van der Waals surface area contributed by atoms with Gasteiger partial charge in [-0.2, -0.15) is 0 Å². The van der Waals surface area contributed by atoms with Crippen LogP contribution in [0.5, 0.6) is 0 Å². The fourth-order valence-electron chi connectivity index (χ4n) is 2.76. The van der Waals surface area contributed by atoms with Crippen LogP contribution in [0.1, 0.15) is 52.9 Å². The lowest BCUT2D eigenvalue weighted by Crippen LogP contribution is -2.43. The molecule has 1 heterocycles. The topological polar surface area (TPSA) is 85.8 Å². The van der Waals surface area contributed by atoms with Crippen LogP contribution in [0.25, 0.3) is 0 Å². The lowest BCUT2D eigenvalue weighted by molar-refractivity contribution is -0.124. The molecule has 1 fully saturated rings. The second-order valence-corrected chi connectivity index (χ2v) is 6.15. The van der Waals surface area contributed by atoms with E-state index in [1.807, 2.05) is 6.92 Å². The van der Waals surface area contributed by atoms with E-state index in [4.69, 9.17) is 0 Å². The highest BCUT2D eigenvalue weighted by molar-refractivity contribution is 14.0. The van der Waals surface area contributed by atoms with Gasteiger partial charge in [-0.1, -0.05) is 33.1 Å². The van der Waals surface area contributed by atoms with Crippen molar-refractivity contribution in [3.05, 3.63) is 0 Å². The van der Waals surface area contributed by atoms with Gasteiger partial charge < -0.3 is 16.0 Å². The van der Waals surface area contributed by atoms with Crippen molar-refractivity contribution in [2.45, 2.75) is 52.9 Å². The van der Waals surface area contributed by atoms with E-state index in [1.165, 1.54) is 37.0 Å². The molecule has 3 N–H and O–H groups in total. The Balaban J connectivity index is 0.00000576. The largest absolute Gasteiger partial charge is 0.357 e. The molecule has 146 valence electrons. The quantitative estimate of drug-likeness (QED) is 0.189. The number of nitrogens with zero attached hydrogens (tertiary/aromatic N) is 2. The van der Waals surface area contributed by atoms with Gasteiger partial charge in [-0.3, -0.25) is 14.7 Å². The van der Waals surface area contributed by atoms with Crippen LogP contribution < -0.4 is 16.0 Å². The molecule has 1 unspecified atom stereocenters. The van der Waals surface area contributed by atoms with Crippen LogP contribution in [-0.2, 0) is 4.79 Å². The van der Waals surface area contributed by atoms with Crippen molar-refractivity contribution in [1.82, 2.24) is 20.9 Å². The van der Waals surface area contributed by atoms with Crippen molar-refractivity contribution in [3.63, 3.8) is 0 Å². The predicted octanol–water partition coefficient (Wildman–Crippen LogP) is 2.32. The molecule has 8 heteroatoms. The number of hydrogen-bond donors (Lipinski definition) is 3. The zero-order valence-electron chi connectivity index (χ0n) is 15.8. The number of guanidine groups is 1. The first-order valence-electron chi connectivity index (χ1n) is 9.22. The number of unbranched alkanes of at least 4 members (excludes halogenated alkanes) is 1. The molecule has 1 atom stereocenters. The Morgan fingerprint density at radius 3 is 2.52 bits per heavy atom. The predicted molar refractivity (Wildman–Crippen MR) is 112 cm³/mol. The lowest BCUT2D eigenvalue weighted by Gasteiger charge is -2.17. The van der Waals surface area contributed by atoms with E-state index < -0.39 is 0 Å². The second-order valence-electron chi connectivity index (χ2n) is 6.15. The number of carbonyl (C=O) groups is 2. The highest BCUT2D eigenvalue weighted by atomic mass is 127. The molecule has 1 saturated heterocycles. The van der Waals surface area contributed by atoms with Gasteiger partial charge in [-0.25, -0.2) is 4.79 Å². The molecule has 3 amide bonds. The fraction of sp³-hybridized carbons (Fsp3) is 0.824. The van der Waals surface area contributed by atoms with Crippen molar-refractivity contribution in [1.29, 1.82) is 0 Å². The zero-order valence-corrected chi connectivity index (χ0v) is 18.1. The number of rotatable bonds is 11. The van der Waals surface area contributed by atoms with E-state index in [2.05, 4.69) is 34.8 Å². The van der Waals surface area contributed by atoms with Gasteiger partial charge in [0.1, 0.15) is 0 Å². The molecule has 25 heavy (non-hydrogen) atoms. The van der Waals surface area contributed by atoms with Crippen LogP contribution in [0.3, 0.4) is 0 Å². The maximum absolute atomic E-state index is 11.5. The van der Waals surface area contributed by atoms with Gasteiger partial charge in [0.25, 0.3) is 0 Å². The molecule has 0 radical (unpaired) electrons. The summed E-state index contributed by atoms with van der Waals surface area (Å²) in [5.41, 5.74) is 0. The highest BCUT2D eigenvalue weighted by Gasteiger charge is 2.27. The maximum atomic E-state index is 11.5. The van der Waals surface area contributed by atoms with E-state index in [9.17, 15) is 9.59 Å². The molecular formula is C17H34IN5O2. The first-order chi connectivity index (χ1) is 11.6. The summed E-state index contributed by atoms with van der Waals surface area (Å²) in [4.78, 5) is 28.9. The number of aliphatic imine (C=N–C) groups is 1. The molecule has 0 aliphatic carbocycles. The summed E-state index contributed by atoms with van der Waals surface area (Å²) in [6.07, 6.45) is 6.06. The Bertz CT molecular complexity index is 415. The molecule has 1 rings (SSSR count). The van der Waals surface area contributed by atoms with Crippen LogP contribution in [0.2, 0.25) is 0 Å².